The quantitative estimate of drug-likeness (QED) is 0.646. The van der Waals surface area contributed by atoms with E-state index in [9.17, 15) is 13.2 Å². The van der Waals surface area contributed by atoms with Gasteiger partial charge >= 0.3 is 6.03 Å². The van der Waals surface area contributed by atoms with Gasteiger partial charge < -0.3 is 15.0 Å². The number of amides is 2. The average Bonchev–Trinajstić information content (AvgIpc) is 2.79. The van der Waals surface area contributed by atoms with Crippen LogP contribution < -0.4 is 14.8 Å². The van der Waals surface area contributed by atoms with E-state index in [1.54, 1.807) is 36.3 Å². The minimum atomic E-state index is -3.53. The maximum Gasteiger partial charge on any atom is 0.321 e. The number of methoxy groups -OCH3 is 1. The monoisotopic (exact) mass is 445 g/mol. The summed E-state index contributed by atoms with van der Waals surface area (Å²) in [6, 6.07) is 14.2. The van der Waals surface area contributed by atoms with Crippen LogP contribution in [0.15, 0.2) is 53.4 Å². The van der Waals surface area contributed by atoms with Crippen LogP contribution in [0.25, 0.3) is 0 Å². The summed E-state index contributed by atoms with van der Waals surface area (Å²) < 4.78 is 33.2. The van der Waals surface area contributed by atoms with Crippen LogP contribution in [-0.4, -0.2) is 46.1 Å². The number of nitrogens with one attached hydrogen (secondary N) is 2. The van der Waals surface area contributed by atoms with Gasteiger partial charge in [0.25, 0.3) is 0 Å². The molecule has 7 nitrogen and oxygen atoms in total. The molecule has 2 aromatic carbocycles. The van der Waals surface area contributed by atoms with Crippen molar-refractivity contribution >= 4 is 21.7 Å². The van der Waals surface area contributed by atoms with E-state index in [2.05, 4.69) is 17.0 Å². The molecule has 31 heavy (non-hydrogen) atoms. The van der Waals surface area contributed by atoms with Gasteiger partial charge in [-0.2, -0.15) is 0 Å². The number of aryl methyl sites for hydroxylation is 1. The van der Waals surface area contributed by atoms with Crippen LogP contribution in [0, 0.1) is 5.92 Å². The van der Waals surface area contributed by atoms with Crippen molar-refractivity contribution in [3.63, 3.8) is 0 Å². The van der Waals surface area contributed by atoms with Crippen molar-refractivity contribution in [2.24, 2.45) is 5.92 Å². The summed E-state index contributed by atoms with van der Waals surface area (Å²) in [4.78, 5) is 14.6. The first kappa shape index (κ1) is 23.1. The molecule has 2 amide bonds. The largest absolute Gasteiger partial charge is 0.495 e. The third kappa shape index (κ3) is 6.21. The Balaban J connectivity index is 1.48. The zero-order chi connectivity index (χ0) is 22.3. The third-order valence-electron chi connectivity index (χ3n) is 5.58. The van der Waals surface area contributed by atoms with Gasteiger partial charge in [0, 0.05) is 19.6 Å². The maximum atomic E-state index is 12.6. The second-order valence-electron chi connectivity index (χ2n) is 7.81. The summed E-state index contributed by atoms with van der Waals surface area (Å²) >= 11 is 0. The second kappa shape index (κ2) is 10.6. The summed E-state index contributed by atoms with van der Waals surface area (Å²) in [5.74, 6) is 0.812. The fourth-order valence-electron chi connectivity index (χ4n) is 3.72. The van der Waals surface area contributed by atoms with Crippen molar-refractivity contribution in [1.29, 1.82) is 0 Å². The molecule has 0 bridgehead atoms. The Morgan fingerprint density at radius 3 is 2.42 bits per heavy atom. The SMILES string of the molecule is CCCc1ccc(S(=O)(=O)NCC2CCN(C(=O)Nc3ccccc3OC)CC2)cc1. The van der Waals surface area contributed by atoms with E-state index >= 15 is 0 Å². The number of benzene rings is 2. The van der Waals surface area contributed by atoms with Crippen molar-refractivity contribution in [3.8, 4) is 5.75 Å². The number of hydrogen-bond acceptors (Lipinski definition) is 4. The van der Waals surface area contributed by atoms with Crippen LogP contribution in [0.4, 0.5) is 10.5 Å². The Hall–Kier alpha value is -2.58. The standard InChI is InChI=1S/C23H31N3O4S/c1-3-6-18-9-11-20(12-10-18)31(28,29)24-17-19-13-15-26(16-14-19)23(27)25-21-7-4-5-8-22(21)30-2/h4-5,7-12,19,24H,3,6,13-17H2,1-2H3,(H,25,27). The summed E-state index contributed by atoms with van der Waals surface area (Å²) in [6.45, 7) is 3.64. The van der Waals surface area contributed by atoms with Crippen LogP contribution in [0.2, 0.25) is 0 Å². The highest BCUT2D eigenvalue weighted by Gasteiger charge is 2.25. The number of carbonyl (C=O) groups excluding carboxylic acids is 1. The van der Waals surface area contributed by atoms with E-state index in [4.69, 9.17) is 4.74 Å². The van der Waals surface area contributed by atoms with E-state index in [-0.39, 0.29) is 11.9 Å². The number of urea groups is 1. The van der Waals surface area contributed by atoms with Crippen molar-refractivity contribution in [2.45, 2.75) is 37.5 Å². The first-order valence-electron chi connectivity index (χ1n) is 10.7. The summed E-state index contributed by atoms with van der Waals surface area (Å²) in [6.07, 6.45) is 3.46. The van der Waals surface area contributed by atoms with Gasteiger partial charge in [-0.1, -0.05) is 37.6 Å². The van der Waals surface area contributed by atoms with E-state index in [0.717, 1.165) is 31.2 Å². The third-order valence-corrected chi connectivity index (χ3v) is 7.02. The number of anilines is 1. The lowest BCUT2D eigenvalue weighted by Crippen LogP contribution is -2.43. The van der Waals surface area contributed by atoms with Gasteiger partial charge in [-0.25, -0.2) is 17.9 Å². The van der Waals surface area contributed by atoms with E-state index in [1.807, 2.05) is 24.3 Å². The highest BCUT2D eigenvalue weighted by atomic mass is 32.2. The molecule has 1 aliphatic heterocycles. The Morgan fingerprint density at radius 1 is 1.10 bits per heavy atom. The topological polar surface area (TPSA) is 87.7 Å². The minimum absolute atomic E-state index is 0.171. The van der Waals surface area contributed by atoms with Gasteiger partial charge in [0.15, 0.2) is 0 Å². The number of piperidine rings is 1. The van der Waals surface area contributed by atoms with Gasteiger partial charge in [-0.15, -0.1) is 0 Å². The summed E-state index contributed by atoms with van der Waals surface area (Å²) in [5, 5.41) is 2.89. The van der Waals surface area contributed by atoms with Gasteiger partial charge in [0.2, 0.25) is 10.0 Å². The molecule has 0 atom stereocenters. The molecule has 1 aliphatic rings. The van der Waals surface area contributed by atoms with Crippen LogP contribution in [0.5, 0.6) is 5.75 Å². The van der Waals surface area contributed by atoms with Gasteiger partial charge in [0.1, 0.15) is 5.75 Å². The number of hydrogen-bond donors (Lipinski definition) is 2. The lowest BCUT2D eigenvalue weighted by atomic mass is 9.97. The molecule has 1 heterocycles. The molecule has 2 N–H and O–H groups in total. The fraction of sp³-hybridized carbons (Fsp3) is 0.435. The minimum Gasteiger partial charge on any atom is -0.495 e. The van der Waals surface area contributed by atoms with Gasteiger partial charge in [-0.3, -0.25) is 0 Å². The number of likely N-dealkylation sites (tertiary alicyclic amines) is 1. The highest BCUT2D eigenvalue weighted by Crippen LogP contribution is 2.24. The fourth-order valence-corrected chi connectivity index (χ4v) is 4.83. The molecule has 168 valence electrons. The van der Waals surface area contributed by atoms with Gasteiger partial charge in [-0.05, 0) is 55.0 Å². The summed E-state index contributed by atoms with van der Waals surface area (Å²) in [5.41, 5.74) is 1.77. The van der Waals surface area contributed by atoms with Gasteiger partial charge in [0.05, 0.1) is 17.7 Å². The smallest absolute Gasteiger partial charge is 0.321 e. The maximum absolute atomic E-state index is 12.6. The number of para-hydroxylation sites is 2. The van der Waals surface area contributed by atoms with Crippen molar-refractivity contribution < 1.29 is 17.9 Å². The number of nitrogens with zero attached hydrogens (tertiary/aromatic N) is 1. The zero-order valence-corrected chi connectivity index (χ0v) is 19.0. The van der Waals surface area contributed by atoms with E-state index < -0.39 is 10.0 Å². The number of ether oxygens (including phenoxy) is 1. The van der Waals surface area contributed by atoms with Crippen LogP contribution >= 0.6 is 0 Å². The Labute approximate surface area is 184 Å². The first-order chi connectivity index (χ1) is 14.9. The lowest BCUT2D eigenvalue weighted by Gasteiger charge is -2.32. The molecule has 0 spiro atoms. The molecular formula is C23H31N3O4S. The molecule has 0 radical (unpaired) electrons. The second-order valence-corrected chi connectivity index (χ2v) is 9.57. The number of carbonyl (C=O) groups is 1. The number of rotatable bonds is 8. The molecule has 0 aliphatic carbocycles. The van der Waals surface area contributed by atoms with Crippen molar-refractivity contribution in [3.05, 3.63) is 54.1 Å². The molecule has 1 saturated heterocycles. The van der Waals surface area contributed by atoms with Crippen molar-refractivity contribution in [2.75, 3.05) is 32.1 Å². The highest BCUT2D eigenvalue weighted by molar-refractivity contribution is 7.89. The Bertz CT molecular complexity index is 969. The molecule has 0 aromatic heterocycles. The normalized spacial score (nSPS) is 15.0. The van der Waals surface area contributed by atoms with Crippen LogP contribution in [-0.2, 0) is 16.4 Å². The predicted molar refractivity (Wildman–Crippen MR) is 122 cm³/mol. The Kier molecular flexibility index (Phi) is 7.92. The Morgan fingerprint density at radius 2 is 1.77 bits per heavy atom. The zero-order valence-electron chi connectivity index (χ0n) is 18.1. The lowest BCUT2D eigenvalue weighted by molar-refractivity contribution is 0.183. The molecule has 8 heteroatoms. The molecule has 0 unspecified atom stereocenters. The molecule has 2 aromatic rings. The molecule has 0 saturated carbocycles. The molecule has 3 rings (SSSR count). The summed E-state index contributed by atoms with van der Waals surface area (Å²) in [7, 11) is -1.96. The van der Waals surface area contributed by atoms with E-state index in [1.165, 1.54) is 0 Å². The van der Waals surface area contributed by atoms with Crippen LogP contribution in [0.3, 0.4) is 0 Å². The van der Waals surface area contributed by atoms with Crippen molar-refractivity contribution in [1.82, 2.24) is 9.62 Å². The number of sulfonamides is 1. The average molecular weight is 446 g/mol. The molecular weight excluding hydrogens is 414 g/mol. The van der Waals surface area contributed by atoms with E-state index in [0.29, 0.717) is 36.0 Å². The predicted octanol–water partition coefficient (Wildman–Crippen LogP) is 3.87. The van der Waals surface area contributed by atoms with Crippen LogP contribution in [0.1, 0.15) is 31.7 Å². The first-order valence-corrected chi connectivity index (χ1v) is 12.2. The molecule has 1 fully saturated rings.